The highest BCUT2D eigenvalue weighted by Gasteiger charge is 2.24. The molecule has 0 aromatic carbocycles. The third-order valence-corrected chi connectivity index (χ3v) is 3.33. The molecule has 0 aliphatic rings. The van der Waals surface area contributed by atoms with Crippen LogP contribution in [0.3, 0.4) is 0 Å². The largest absolute Gasteiger partial charge is 0.480 e. The fourth-order valence-corrected chi connectivity index (χ4v) is 2.02. The van der Waals surface area contributed by atoms with E-state index in [4.69, 9.17) is 5.11 Å². The molecule has 2 atom stereocenters. The maximum atomic E-state index is 11.7. The first kappa shape index (κ1) is 16.7. The summed E-state index contributed by atoms with van der Waals surface area (Å²) < 4.78 is 0. The number of carbonyl (C=O) groups excluding carboxylic acids is 1. The van der Waals surface area contributed by atoms with Gasteiger partial charge in [0, 0.05) is 6.04 Å². The van der Waals surface area contributed by atoms with Crippen LogP contribution in [0.25, 0.3) is 0 Å². The monoisotopic (exact) mass is 258 g/mol. The van der Waals surface area contributed by atoms with Gasteiger partial charge in [0.1, 0.15) is 6.04 Å². The highest BCUT2D eigenvalue weighted by molar-refractivity contribution is 5.82. The number of hydrogen-bond donors (Lipinski definition) is 3. The lowest BCUT2D eigenvalue weighted by atomic mass is 9.96. The number of carboxylic acids is 1. The summed E-state index contributed by atoms with van der Waals surface area (Å²) in [6, 6.07) is -1.21. The highest BCUT2D eigenvalue weighted by atomic mass is 16.4. The van der Waals surface area contributed by atoms with Crippen LogP contribution in [0.1, 0.15) is 47.5 Å². The Hall–Kier alpha value is -1.26. The zero-order chi connectivity index (χ0) is 14.3. The summed E-state index contributed by atoms with van der Waals surface area (Å²) >= 11 is 0. The summed E-state index contributed by atoms with van der Waals surface area (Å²) in [6.45, 7) is 9.64. The van der Waals surface area contributed by atoms with Crippen LogP contribution in [0, 0.1) is 11.8 Å². The van der Waals surface area contributed by atoms with E-state index in [1.54, 1.807) is 13.8 Å². The van der Waals surface area contributed by atoms with E-state index >= 15 is 0 Å². The lowest BCUT2D eigenvalue weighted by Crippen LogP contribution is -2.51. The molecule has 0 spiro atoms. The summed E-state index contributed by atoms with van der Waals surface area (Å²) in [7, 11) is 0. The number of urea groups is 1. The van der Waals surface area contributed by atoms with Crippen LogP contribution in [0.5, 0.6) is 0 Å². The molecular weight excluding hydrogens is 232 g/mol. The summed E-state index contributed by atoms with van der Waals surface area (Å²) in [5.41, 5.74) is 0. The first-order valence-corrected chi connectivity index (χ1v) is 6.63. The Morgan fingerprint density at radius 2 is 1.56 bits per heavy atom. The number of aliphatic carboxylic acids is 1. The van der Waals surface area contributed by atoms with Crippen molar-refractivity contribution < 1.29 is 14.7 Å². The maximum Gasteiger partial charge on any atom is 0.326 e. The van der Waals surface area contributed by atoms with Crippen LogP contribution < -0.4 is 10.6 Å². The minimum absolute atomic E-state index is 0.0432. The molecule has 0 bridgehead atoms. The first-order valence-electron chi connectivity index (χ1n) is 6.63. The van der Waals surface area contributed by atoms with Gasteiger partial charge in [0.15, 0.2) is 0 Å². The van der Waals surface area contributed by atoms with E-state index in [1.807, 2.05) is 6.92 Å². The summed E-state index contributed by atoms with van der Waals surface area (Å²) in [5.74, 6) is -0.731. The average molecular weight is 258 g/mol. The molecule has 5 heteroatoms. The van der Waals surface area contributed by atoms with Gasteiger partial charge in [0.2, 0.25) is 0 Å². The molecule has 1 unspecified atom stereocenters. The van der Waals surface area contributed by atoms with Crippen LogP contribution >= 0.6 is 0 Å². The second kappa shape index (κ2) is 7.95. The van der Waals surface area contributed by atoms with Gasteiger partial charge in [-0.2, -0.15) is 0 Å². The molecule has 106 valence electrons. The van der Waals surface area contributed by atoms with Gasteiger partial charge < -0.3 is 15.7 Å². The number of rotatable bonds is 7. The minimum Gasteiger partial charge on any atom is -0.480 e. The Bertz CT molecular complexity index is 275. The summed E-state index contributed by atoms with van der Waals surface area (Å²) in [4.78, 5) is 22.7. The third-order valence-electron chi connectivity index (χ3n) is 3.33. The number of amides is 2. The van der Waals surface area contributed by atoms with Crippen molar-refractivity contribution in [3.8, 4) is 0 Å². The van der Waals surface area contributed by atoms with Crippen molar-refractivity contribution in [2.75, 3.05) is 0 Å². The van der Waals surface area contributed by atoms with E-state index in [0.717, 1.165) is 12.8 Å². The van der Waals surface area contributed by atoms with Gasteiger partial charge in [-0.1, -0.05) is 40.5 Å². The SMILES string of the molecule is CCC(CC)C(C)NC(=O)N[C@@H](C(=O)O)C(C)C. The number of nitrogens with one attached hydrogen (secondary N) is 2. The van der Waals surface area contributed by atoms with Crippen molar-refractivity contribution in [2.24, 2.45) is 11.8 Å². The molecule has 0 heterocycles. The minimum atomic E-state index is -1.00. The molecule has 0 rings (SSSR count). The smallest absolute Gasteiger partial charge is 0.326 e. The van der Waals surface area contributed by atoms with Crippen LogP contribution in [0.4, 0.5) is 4.79 Å². The van der Waals surface area contributed by atoms with Crippen molar-refractivity contribution in [3.05, 3.63) is 0 Å². The molecule has 0 aromatic rings. The van der Waals surface area contributed by atoms with Gasteiger partial charge in [-0.15, -0.1) is 0 Å². The second-order valence-electron chi connectivity index (χ2n) is 5.04. The van der Waals surface area contributed by atoms with Gasteiger partial charge in [0.25, 0.3) is 0 Å². The van der Waals surface area contributed by atoms with Crippen LogP contribution in [-0.2, 0) is 4.79 Å². The van der Waals surface area contributed by atoms with Gasteiger partial charge in [-0.3, -0.25) is 0 Å². The fraction of sp³-hybridized carbons (Fsp3) is 0.846. The molecule has 0 saturated heterocycles. The molecule has 18 heavy (non-hydrogen) atoms. The summed E-state index contributed by atoms with van der Waals surface area (Å²) in [6.07, 6.45) is 1.98. The van der Waals surface area contributed by atoms with E-state index in [9.17, 15) is 9.59 Å². The lowest BCUT2D eigenvalue weighted by molar-refractivity contribution is -0.140. The van der Waals surface area contributed by atoms with Crippen molar-refractivity contribution in [1.82, 2.24) is 10.6 Å². The second-order valence-corrected chi connectivity index (χ2v) is 5.04. The predicted molar refractivity (Wildman–Crippen MR) is 71.5 cm³/mol. The number of carboxylic acid groups (broad SMARTS) is 1. The molecule has 0 saturated carbocycles. The van der Waals surface area contributed by atoms with E-state index in [0.29, 0.717) is 5.92 Å². The van der Waals surface area contributed by atoms with E-state index in [2.05, 4.69) is 24.5 Å². The molecule has 0 aromatic heterocycles. The number of hydrogen-bond acceptors (Lipinski definition) is 2. The predicted octanol–water partition coefficient (Wildman–Crippen LogP) is 2.22. The van der Waals surface area contributed by atoms with Crippen LogP contribution in [0.15, 0.2) is 0 Å². The maximum absolute atomic E-state index is 11.7. The molecule has 0 aliphatic heterocycles. The Morgan fingerprint density at radius 1 is 1.06 bits per heavy atom. The zero-order valence-corrected chi connectivity index (χ0v) is 12.0. The van der Waals surface area contributed by atoms with E-state index < -0.39 is 18.0 Å². The van der Waals surface area contributed by atoms with Crippen molar-refractivity contribution >= 4 is 12.0 Å². The summed E-state index contributed by atoms with van der Waals surface area (Å²) in [5, 5.41) is 14.3. The lowest BCUT2D eigenvalue weighted by Gasteiger charge is -2.24. The van der Waals surface area contributed by atoms with E-state index in [-0.39, 0.29) is 12.0 Å². The number of carbonyl (C=O) groups is 2. The van der Waals surface area contributed by atoms with Gasteiger partial charge in [0.05, 0.1) is 0 Å². The van der Waals surface area contributed by atoms with Crippen molar-refractivity contribution in [2.45, 2.75) is 59.5 Å². The van der Waals surface area contributed by atoms with Gasteiger partial charge in [-0.25, -0.2) is 9.59 Å². The van der Waals surface area contributed by atoms with Crippen LogP contribution in [-0.4, -0.2) is 29.2 Å². The Balaban J connectivity index is 4.36. The zero-order valence-electron chi connectivity index (χ0n) is 12.0. The molecular formula is C13H26N2O3. The molecule has 0 radical (unpaired) electrons. The average Bonchev–Trinajstić information content (AvgIpc) is 2.26. The quantitative estimate of drug-likeness (QED) is 0.655. The van der Waals surface area contributed by atoms with Crippen LogP contribution in [0.2, 0.25) is 0 Å². The fourth-order valence-electron chi connectivity index (χ4n) is 2.02. The Kier molecular flexibility index (Phi) is 7.39. The Morgan fingerprint density at radius 3 is 1.89 bits per heavy atom. The molecule has 2 amide bonds. The van der Waals surface area contributed by atoms with Crippen molar-refractivity contribution in [3.63, 3.8) is 0 Å². The first-order chi connectivity index (χ1) is 8.33. The molecule has 0 aliphatic carbocycles. The molecule has 3 N–H and O–H groups in total. The normalized spacial score (nSPS) is 14.4. The topological polar surface area (TPSA) is 78.4 Å². The third kappa shape index (κ3) is 5.38. The van der Waals surface area contributed by atoms with Gasteiger partial charge in [-0.05, 0) is 18.8 Å². The molecule has 0 fully saturated rings. The molecule has 5 nitrogen and oxygen atoms in total. The van der Waals surface area contributed by atoms with E-state index in [1.165, 1.54) is 0 Å². The van der Waals surface area contributed by atoms with Gasteiger partial charge >= 0.3 is 12.0 Å². The Labute approximate surface area is 109 Å². The highest BCUT2D eigenvalue weighted by Crippen LogP contribution is 2.12. The van der Waals surface area contributed by atoms with Crippen molar-refractivity contribution in [1.29, 1.82) is 0 Å². The standard InChI is InChI=1S/C13H26N2O3/c1-6-10(7-2)9(5)14-13(18)15-11(8(3)4)12(16)17/h8-11H,6-7H2,1-5H3,(H,16,17)(H2,14,15,18)/t9?,11-/m1/s1.